The van der Waals surface area contributed by atoms with E-state index < -0.39 is 6.10 Å². The van der Waals surface area contributed by atoms with Gasteiger partial charge in [0.15, 0.2) is 0 Å². The van der Waals surface area contributed by atoms with Gasteiger partial charge in [-0.05, 0) is 49.1 Å². The first-order valence-electron chi connectivity index (χ1n) is 12.2. The number of fused-ring (bicyclic) bond motifs is 2. The first-order chi connectivity index (χ1) is 16.2. The van der Waals surface area contributed by atoms with Gasteiger partial charge in [0.25, 0.3) is 0 Å². The lowest BCUT2D eigenvalue weighted by Gasteiger charge is -2.36. The molecule has 3 heterocycles. The van der Waals surface area contributed by atoms with Crippen molar-refractivity contribution in [2.24, 2.45) is 5.92 Å². The van der Waals surface area contributed by atoms with E-state index in [1.165, 1.54) is 37.6 Å². The average molecular weight is 446 g/mol. The monoisotopic (exact) mass is 445 g/mol. The van der Waals surface area contributed by atoms with Crippen LogP contribution in [0.2, 0.25) is 0 Å². The van der Waals surface area contributed by atoms with Gasteiger partial charge in [-0.3, -0.25) is 0 Å². The van der Waals surface area contributed by atoms with Crippen molar-refractivity contribution in [1.82, 2.24) is 19.5 Å². The fourth-order valence-corrected chi connectivity index (χ4v) is 5.71. The van der Waals surface area contributed by atoms with Crippen LogP contribution >= 0.6 is 0 Å². The van der Waals surface area contributed by atoms with Crippen LogP contribution in [0, 0.1) is 5.92 Å². The van der Waals surface area contributed by atoms with E-state index in [4.69, 9.17) is 4.98 Å². The number of imidazole rings is 2. The summed E-state index contributed by atoms with van der Waals surface area (Å²) in [7, 11) is 0. The zero-order valence-corrected chi connectivity index (χ0v) is 18.8. The van der Waals surface area contributed by atoms with Gasteiger partial charge in [-0.1, -0.05) is 25.3 Å². The molecule has 7 heteroatoms. The lowest BCUT2D eigenvalue weighted by molar-refractivity contribution is 0.0548. The fourth-order valence-electron chi connectivity index (χ4n) is 5.71. The van der Waals surface area contributed by atoms with Gasteiger partial charge < -0.3 is 24.7 Å². The van der Waals surface area contributed by atoms with E-state index in [0.29, 0.717) is 12.6 Å². The number of aromatic amines is 1. The third kappa shape index (κ3) is 3.69. The van der Waals surface area contributed by atoms with Crippen LogP contribution in [0.3, 0.4) is 0 Å². The quantitative estimate of drug-likeness (QED) is 0.437. The Kier molecular flexibility index (Phi) is 5.31. The Morgan fingerprint density at radius 1 is 1.03 bits per heavy atom. The Hall–Kier alpha value is -2.90. The van der Waals surface area contributed by atoms with Crippen molar-refractivity contribution in [3.05, 3.63) is 43.0 Å². The molecule has 2 aromatic heterocycles. The van der Waals surface area contributed by atoms with Crippen LogP contribution in [0.1, 0.15) is 44.6 Å². The summed E-state index contributed by atoms with van der Waals surface area (Å²) < 4.78 is 2.37. The van der Waals surface area contributed by atoms with Crippen molar-refractivity contribution in [2.45, 2.75) is 50.7 Å². The Morgan fingerprint density at radius 2 is 1.91 bits per heavy atom. The van der Waals surface area contributed by atoms with Crippen molar-refractivity contribution < 1.29 is 10.2 Å². The number of hydrogen-bond donors (Lipinski definition) is 3. The van der Waals surface area contributed by atoms with E-state index in [1.807, 2.05) is 6.33 Å². The fraction of sp³-hybridized carbons (Fsp3) is 0.462. The molecular formula is C26H31N5O2. The lowest BCUT2D eigenvalue weighted by atomic mass is 9.94. The second-order valence-electron chi connectivity index (χ2n) is 9.68. The highest BCUT2D eigenvalue weighted by molar-refractivity contribution is 5.97. The zero-order chi connectivity index (χ0) is 22.4. The van der Waals surface area contributed by atoms with Gasteiger partial charge in [-0.2, -0.15) is 0 Å². The summed E-state index contributed by atoms with van der Waals surface area (Å²) >= 11 is 0. The highest BCUT2D eigenvalue weighted by Crippen LogP contribution is 2.36. The molecule has 172 valence electrons. The molecule has 0 radical (unpaired) electrons. The number of hydrogen-bond acceptors (Lipinski definition) is 5. The maximum Gasteiger partial charge on any atom is 0.0962 e. The summed E-state index contributed by atoms with van der Waals surface area (Å²) in [4.78, 5) is 14.8. The molecule has 1 aliphatic heterocycles. The van der Waals surface area contributed by atoms with E-state index in [1.54, 1.807) is 6.33 Å². The Labute approximate surface area is 193 Å². The van der Waals surface area contributed by atoms with Crippen molar-refractivity contribution in [2.75, 3.05) is 24.6 Å². The SMILES string of the molecule is OC[C@H]1CCN(c2cc(-c3ccc4c(c3)ncn4C3CCCCC3)c3nc[nH]c3c2)C[C@@H]1O. The number of aliphatic hydroxyl groups is 2. The van der Waals surface area contributed by atoms with Gasteiger partial charge in [0.05, 0.1) is 40.8 Å². The molecule has 2 aliphatic rings. The van der Waals surface area contributed by atoms with E-state index in [0.717, 1.165) is 46.3 Å². The highest BCUT2D eigenvalue weighted by Gasteiger charge is 2.28. The molecule has 7 nitrogen and oxygen atoms in total. The van der Waals surface area contributed by atoms with Gasteiger partial charge in [0.2, 0.25) is 0 Å². The number of aliphatic hydroxyl groups excluding tert-OH is 2. The number of nitrogens with zero attached hydrogens (tertiary/aromatic N) is 4. The van der Waals surface area contributed by atoms with E-state index >= 15 is 0 Å². The molecule has 1 aliphatic carbocycles. The second kappa shape index (κ2) is 8.47. The van der Waals surface area contributed by atoms with Gasteiger partial charge >= 0.3 is 0 Å². The van der Waals surface area contributed by atoms with Crippen LogP contribution in [0.25, 0.3) is 33.2 Å². The van der Waals surface area contributed by atoms with Gasteiger partial charge in [0.1, 0.15) is 0 Å². The summed E-state index contributed by atoms with van der Waals surface area (Å²) in [5, 5.41) is 20.0. The number of β-amino-alcohol motifs (C(OH)–C–C–N with tert-alkyl or cyclic N) is 1. The minimum atomic E-state index is -0.523. The molecule has 0 spiro atoms. The van der Waals surface area contributed by atoms with Crippen molar-refractivity contribution >= 4 is 27.8 Å². The number of benzene rings is 2. The molecule has 2 atom stereocenters. The molecule has 0 unspecified atom stereocenters. The maximum absolute atomic E-state index is 10.5. The number of nitrogens with one attached hydrogen (secondary N) is 1. The molecule has 2 fully saturated rings. The number of piperidine rings is 1. The second-order valence-corrected chi connectivity index (χ2v) is 9.68. The van der Waals surface area contributed by atoms with Gasteiger partial charge in [-0.25, -0.2) is 9.97 Å². The van der Waals surface area contributed by atoms with Crippen LogP contribution in [0.5, 0.6) is 0 Å². The predicted octanol–water partition coefficient (Wildman–Crippen LogP) is 4.26. The number of rotatable bonds is 4. The topological polar surface area (TPSA) is 90.2 Å². The van der Waals surface area contributed by atoms with E-state index in [9.17, 15) is 10.2 Å². The van der Waals surface area contributed by atoms with Gasteiger partial charge in [0, 0.05) is 42.9 Å². The Bertz CT molecular complexity index is 1270. The number of anilines is 1. The summed E-state index contributed by atoms with van der Waals surface area (Å²) in [6.45, 7) is 1.37. The zero-order valence-electron chi connectivity index (χ0n) is 18.8. The molecule has 1 saturated carbocycles. The van der Waals surface area contributed by atoms with Crippen LogP contribution in [-0.4, -0.2) is 55.5 Å². The van der Waals surface area contributed by atoms with E-state index in [2.05, 4.69) is 49.8 Å². The van der Waals surface area contributed by atoms with Crippen molar-refractivity contribution in [1.29, 1.82) is 0 Å². The standard InChI is InChI=1S/C26H31N5O2/c32-14-18-8-9-30(13-25(18)33)20-11-21(26-23(12-20)27-15-28-26)17-6-7-24-22(10-17)29-16-31(24)19-4-2-1-3-5-19/h6-7,10-12,15-16,18-19,25,32-33H,1-5,8-9,13-14H2,(H,27,28)/t18-,25+/m1/s1. The minimum Gasteiger partial charge on any atom is -0.396 e. The third-order valence-electron chi connectivity index (χ3n) is 7.68. The lowest BCUT2D eigenvalue weighted by Crippen LogP contribution is -2.45. The normalized spacial score (nSPS) is 22.4. The number of H-pyrrole nitrogens is 1. The maximum atomic E-state index is 10.5. The molecule has 4 aromatic rings. The summed E-state index contributed by atoms with van der Waals surface area (Å²) in [5.74, 6) is -0.0433. The van der Waals surface area contributed by atoms with Crippen LogP contribution in [0.4, 0.5) is 5.69 Å². The third-order valence-corrected chi connectivity index (χ3v) is 7.68. The molecule has 0 amide bonds. The molecule has 3 N–H and O–H groups in total. The van der Waals surface area contributed by atoms with E-state index in [-0.39, 0.29) is 12.5 Å². The summed E-state index contributed by atoms with van der Waals surface area (Å²) in [6.07, 6.45) is 10.4. The Morgan fingerprint density at radius 3 is 2.73 bits per heavy atom. The number of aromatic nitrogens is 4. The molecular weight excluding hydrogens is 414 g/mol. The largest absolute Gasteiger partial charge is 0.396 e. The average Bonchev–Trinajstić information content (AvgIpc) is 3.50. The Balaban J connectivity index is 1.38. The van der Waals surface area contributed by atoms with Crippen molar-refractivity contribution in [3.8, 4) is 11.1 Å². The minimum absolute atomic E-state index is 0.0351. The first-order valence-corrected chi connectivity index (χ1v) is 12.2. The smallest absolute Gasteiger partial charge is 0.0962 e. The molecule has 0 bridgehead atoms. The molecule has 33 heavy (non-hydrogen) atoms. The molecule has 2 aromatic carbocycles. The van der Waals surface area contributed by atoms with Crippen molar-refractivity contribution in [3.63, 3.8) is 0 Å². The first kappa shape index (κ1) is 20.7. The summed E-state index contributed by atoms with van der Waals surface area (Å²) in [6, 6.07) is 11.4. The molecule has 6 rings (SSSR count). The predicted molar refractivity (Wildman–Crippen MR) is 130 cm³/mol. The van der Waals surface area contributed by atoms with Crippen LogP contribution in [-0.2, 0) is 0 Å². The summed E-state index contributed by atoms with van der Waals surface area (Å²) in [5.41, 5.74) is 7.37. The highest BCUT2D eigenvalue weighted by atomic mass is 16.3. The van der Waals surface area contributed by atoms with Crippen LogP contribution < -0.4 is 4.90 Å². The van der Waals surface area contributed by atoms with Gasteiger partial charge in [-0.15, -0.1) is 0 Å². The van der Waals surface area contributed by atoms with Crippen LogP contribution in [0.15, 0.2) is 43.0 Å². The molecule has 1 saturated heterocycles.